The van der Waals surface area contributed by atoms with Gasteiger partial charge in [0.2, 0.25) is 5.91 Å². The number of carbonyl (C=O) groups excluding carboxylic acids is 1. The van der Waals surface area contributed by atoms with Crippen LogP contribution in [0.3, 0.4) is 0 Å². The zero-order chi connectivity index (χ0) is 15.1. The summed E-state index contributed by atoms with van der Waals surface area (Å²) in [4.78, 5) is 19.2. The Morgan fingerprint density at radius 1 is 1.36 bits per heavy atom. The number of rotatable bonds is 2. The first kappa shape index (κ1) is 13.6. The number of nitrogens with one attached hydrogen (secondary N) is 1. The molecular weight excluding hydrogens is 292 g/mol. The third kappa shape index (κ3) is 2.33. The van der Waals surface area contributed by atoms with Crippen LogP contribution in [0.1, 0.15) is 21.7 Å². The minimum absolute atomic E-state index is 0.231. The molecule has 0 spiro atoms. The van der Waals surface area contributed by atoms with Gasteiger partial charge in [-0.2, -0.15) is 0 Å². The van der Waals surface area contributed by atoms with Crippen LogP contribution in [0.25, 0.3) is 10.9 Å². The van der Waals surface area contributed by atoms with Gasteiger partial charge in [-0.3, -0.25) is 4.79 Å². The van der Waals surface area contributed by atoms with Gasteiger partial charge in [-0.25, -0.2) is 0 Å². The van der Waals surface area contributed by atoms with E-state index < -0.39 is 0 Å². The van der Waals surface area contributed by atoms with Crippen LogP contribution >= 0.6 is 11.3 Å². The smallest absolute Gasteiger partial charge is 0.228 e. The minimum atomic E-state index is 0.231. The van der Waals surface area contributed by atoms with Gasteiger partial charge in [-0.1, -0.05) is 18.2 Å². The summed E-state index contributed by atoms with van der Waals surface area (Å²) in [6.45, 7) is 3.64. The summed E-state index contributed by atoms with van der Waals surface area (Å²) in [6.07, 6.45) is 1.44. The molecule has 0 aliphatic carbocycles. The molecule has 1 aliphatic heterocycles. The predicted molar refractivity (Wildman–Crippen MR) is 90.2 cm³/mol. The molecule has 3 aromatic rings. The molecule has 112 valence electrons. The lowest BCUT2D eigenvalue weighted by molar-refractivity contribution is -0.131. The molecule has 0 fully saturated rings. The van der Waals surface area contributed by atoms with E-state index in [1.807, 2.05) is 22.4 Å². The normalized spacial score (nSPS) is 14.3. The standard InChI is InChI=1S/C18H18N2OS/c1-12-4-5-14-15-11-20(7-6-16(15)19-17(14)9-12)18(21)10-13-3-2-8-22-13/h2-5,8-9,19H,6-7,10-11H2,1H3. The van der Waals surface area contributed by atoms with E-state index in [1.165, 1.54) is 27.7 Å². The molecule has 2 aromatic heterocycles. The summed E-state index contributed by atoms with van der Waals surface area (Å²) < 4.78 is 0. The molecule has 0 saturated heterocycles. The van der Waals surface area contributed by atoms with Crippen molar-refractivity contribution in [1.82, 2.24) is 9.88 Å². The number of hydrogen-bond donors (Lipinski definition) is 1. The SMILES string of the molecule is Cc1ccc2c3c([nH]c2c1)CCN(C(=O)Cc1cccs1)C3. The average molecular weight is 310 g/mol. The van der Waals surface area contributed by atoms with Gasteiger partial charge >= 0.3 is 0 Å². The van der Waals surface area contributed by atoms with E-state index in [0.717, 1.165) is 24.4 Å². The Kier molecular flexibility index (Phi) is 3.26. The summed E-state index contributed by atoms with van der Waals surface area (Å²) in [5.74, 6) is 0.231. The minimum Gasteiger partial charge on any atom is -0.358 e. The van der Waals surface area contributed by atoms with Gasteiger partial charge in [0.1, 0.15) is 0 Å². The maximum atomic E-state index is 12.5. The lowest BCUT2D eigenvalue weighted by atomic mass is 10.0. The van der Waals surface area contributed by atoms with Crippen molar-refractivity contribution in [2.24, 2.45) is 0 Å². The summed E-state index contributed by atoms with van der Waals surface area (Å²) in [5.41, 5.74) is 5.04. The summed E-state index contributed by atoms with van der Waals surface area (Å²) in [5, 5.41) is 3.29. The summed E-state index contributed by atoms with van der Waals surface area (Å²) in [7, 11) is 0. The van der Waals surface area contributed by atoms with Gasteiger partial charge < -0.3 is 9.88 Å². The van der Waals surface area contributed by atoms with E-state index >= 15 is 0 Å². The second-order valence-corrected chi connectivity index (χ2v) is 6.98. The highest BCUT2D eigenvalue weighted by molar-refractivity contribution is 7.10. The zero-order valence-electron chi connectivity index (χ0n) is 12.6. The van der Waals surface area contributed by atoms with Crippen LogP contribution < -0.4 is 0 Å². The number of aryl methyl sites for hydroxylation is 1. The second-order valence-electron chi connectivity index (χ2n) is 5.95. The first-order chi connectivity index (χ1) is 10.7. The molecule has 0 atom stereocenters. The molecule has 1 aromatic carbocycles. The maximum Gasteiger partial charge on any atom is 0.228 e. The molecular formula is C18H18N2OS. The van der Waals surface area contributed by atoms with Crippen LogP contribution in [0.5, 0.6) is 0 Å². The van der Waals surface area contributed by atoms with Gasteiger partial charge in [0, 0.05) is 46.5 Å². The number of nitrogens with zero attached hydrogens (tertiary/aromatic N) is 1. The van der Waals surface area contributed by atoms with Crippen LogP contribution in [-0.2, 0) is 24.2 Å². The third-order valence-electron chi connectivity index (χ3n) is 4.39. The van der Waals surface area contributed by atoms with E-state index in [1.54, 1.807) is 11.3 Å². The third-order valence-corrected chi connectivity index (χ3v) is 5.27. The number of thiophene rings is 1. The number of fused-ring (bicyclic) bond motifs is 3. The topological polar surface area (TPSA) is 36.1 Å². The fraction of sp³-hybridized carbons (Fsp3) is 0.278. The molecule has 1 aliphatic rings. The zero-order valence-corrected chi connectivity index (χ0v) is 13.4. The van der Waals surface area contributed by atoms with Crippen molar-refractivity contribution in [3.05, 3.63) is 57.4 Å². The molecule has 0 bridgehead atoms. The molecule has 1 N–H and O–H groups in total. The maximum absolute atomic E-state index is 12.5. The highest BCUT2D eigenvalue weighted by Gasteiger charge is 2.24. The Morgan fingerprint density at radius 3 is 3.09 bits per heavy atom. The van der Waals surface area contributed by atoms with E-state index in [2.05, 4.69) is 30.1 Å². The van der Waals surface area contributed by atoms with Crippen molar-refractivity contribution >= 4 is 28.1 Å². The predicted octanol–water partition coefficient (Wildman–Crippen LogP) is 3.67. The lowest BCUT2D eigenvalue weighted by Crippen LogP contribution is -2.36. The van der Waals surface area contributed by atoms with E-state index in [9.17, 15) is 4.79 Å². The number of H-pyrrole nitrogens is 1. The highest BCUT2D eigenvalue weighted by atomic mass is 32.1. The number of amides is 1. The molecule has 0 saturated carbocycles. The number of aromatic amines is 1. The van der Waals surface area contributed by atoms with Crippen LogP contribution in [0, 0.1) is 6.92 Å². The van der Waals surface area contributed by atoms with E-state index in [4.69, 9.17) is 0 Å². The Bertz CT molecular complexity index is 832. The highest BCUT2D eigenvalue weighted by Crippen LogP contribution is 2.28. The monoisotopic (exact) mass is 310 g/mol. The van der Waals surface area contributed by atoms with Crippen molar-refractivity contribution in [3.63, 3.8) is 0 Å². The molecule has 0 radical (unpaired) electrons. The molecule has 4 rings (SSSR count). The molecule has 22 heavy (non-hydrogen) atoms. The number of carbonyl (C=O) groups is 1. The fourth-order valence-electron chi connectivity index (χ4n) is 3.22. The van der Waals surface area contributed by atoms with Crippen molar-refractivity contribution in [2.75, 3.05) is 6.54 Å². The number of benzene rings is 1. The Hall–Kier alpha value is -2.07. The van der Waals surface area contributed by atoms with Crippen molar-refractivity contribution in [2.45, 2.75) is 26.3 Å². The molecule has 1 amide bonds. The van der Waals surface area contributed by atoms with Crippen LogP contribution in [0.2, 0.25) is 0 Å². The van der Waals surface area contributed by atoms with Gasteiger partial charge in [0.25, 0.3) is 0 Å². The average Bonchev–Trinajstić information content (AvgIpc) is 3.12. The second kappa shape index (κ2) is 5.29. The van der Waals surface area contributed by atoms with Crippen LogP contribution in [0.15, 0.2) is 35.7 Å². The molecule has 3 nitrogen and oxygen atoms in total. The first-order valence-electron chi connectivity index (χ1n) is 7.61. The van der Waals surface area contributed by atoms with Gasteiger partial charge in [-0.05, 0) is 30.0 Å². The Balaban J connectivity index is 1.60. The van der Waals surface area contributed by atoms with Gasteiger partial charge in [-0.15, -0.1) is 11.3 Å². The number of aromatic nitrogens is 1. The molecule has 3 heterocycles. The van der Waals surface area contributed by atoms with E-state index in [-0.39, 0.29) is 5.91 Å². The molecule has 0 unspecified atom stereocenters. The largest absolute Gasteiger partial charge is 0.358 e. The lowest BCUT2D eigenvalue weighted by Gasteiger charge is -2.27. The summed E-state index contributed by atoms with van der Waals surface area (Å²) in [6, 6.07) is 10.5. The van der Waals surface area contributed by atoms with Crippen molar-refractivity contribution in [3.8, 4) is 0 Å². The summed E-state index contributed by atoms with van der Waals surface area (Å²) >= 11 is 1.65. The van der Waals surface area contributed by atoms with Crippen LogP contribution in [-0.4, -0.2) is 22.3 Å². The Morgan fingerprint density at radius 2 is 2.27 bits per heavy atom. The first-order valence-corrected chi connectivity index (χ1v) is 8.49. The van der Waals surface area contributed by atoms with Gasteiger partial charge in [0.15, 0.2) is 0 Å². The van der Waals surface area contributed by atoms with Crippen molar-refractivity contribution in [1.29, 1.82) is 0 Å². The quantitative estimate of drug-likeness (QED) is 0.770. The molecule has 4 heteroatoms. The van der Waals surface area contributed by atoms with Crippen LogP contribution in [0.4, 0.5) is 0 Å². The van der Waals surface area contributed by atoms with Crippen molar-refractivity contribution < 1.29 is 4.79 Å². The number of hydrogen-bond acceptors (Lipinski definition) is 2. The van der Waals surface area contributed by atoms with Gasteiger partial charge in [0.05, 0.1) is 6.42 Å². The fourth-order valence-corrected chi connectivity index (χ4v) is 3.92. The Labute approximate surface area is 133 Å². The van der Waals surface area contributed by atoms with E-state index in [0.29, 0.717) is 6.42 Å².